The highest BCUT2D eigenvalue weighted by molar-refractivity contribution is 6.06. The van der Waals surface area contributed by atoms with Crippen molar-refractivity contribution in [2.24, 2.45) is 7.05 Å². The van der Waals surface area contributed by atoms with Crippen molar-refractivity contribution in [1.29, 1.82) is 0 Å². The Hall–Kier alpha value is -2.30. The summed E-state index contributed by atoms with van der Waals surface area (Å²) in [7, 11) is 1.89. The summed E-state index contributed by atoms with van der Waals surface area (Å²) in [6.07, 6.45) is 1.11. The van der Waals surface area contributed by atoms with Crippen molar-refractivity contribution in [3.8, 4) is 5.75 Å². The molecule has 0 amide bonds. The van der Waals surface area contributed by atoms with Crippen molar-refractivity contribution in [1.82, 2.24) is 4.57 Å². The second-order valence-corrected chi connectivity index (χ2v) is 5.14. The number of aromatic nitrogens is 1. The quantitative estimate of drug-likeness (QED) is 0.627. The van der Waals surface area contributed by atoms with Crippen molar-refractivity contribution >= 4 is 22.8 Å². The van der Waals surface area contributed by atoms with E-state index in [0.29, 0.717) is 24.3 Å². The van der Waals surface area contributed by atoms with Crippen LogP contribution >= 0.6 is 0 Å². The normalized spacial score (nSPS) is 10.7. The number of carbonyl (C=O) groups excluding carboxylic acids is 2. The van der Waals surface area contributed by atoms with Gasteiger partial charge < -0.3 is 14.0 Å². The first-order chi connectivity index (χ1) is 10.5. The van der Waals surface area contributed by atoms with Crippen molar-refractivity contribution < 1.29 is 19.1 Å². The van der Waals surface area contributed by atoms with Crippen molar-refractivity contribution in [2.75, 3.05) is 6.61 Å². The van der Waals surface area contributed by atoms with Gasteiger partial charge >= 0.3 is 11.9 Å². The Labute approximate surface area is 129 Å². The molecule has 0 saturated heterocycles. The summed E-state index contributed by atoms with van der Waals surface area (Å²) >= 11 is 0. The highest BCUT2D eigenvalue weighted by atomic mass is 16.5. The van der Waals surface area contributed by atoms with Gasteiger partial charge in [0.15, 0.2) is 0 Å². The minimum Gasteiger partial charge on any atom is -0.462 e. The summed E-state index contributed by atoms with van der Waals surface area (Å²) in [5, 5.41) is 0.736. The highest BCUT2D eigenvalue weighted by Crippen LogP contribution is 2.29. The summed E-state index contributed by atoms with van der Waals surface area (Å²) in [6.45, 7) is 5.88. The Morgan fingerprint density at radius 3 is 2.59 bits per heavy atom. The van der Waals surface area contributed by atoms with Crippen LogP contribution in [-0.2, 0) is 16.6 Å². The Kier molecular flexibility index (Phi) is 4.85. The molecule has 0 spiro atoms. The third-order valence-corrected chi connectivity index (χ3v) is 3.63. The van der Waals surface area contributed by atoms with Gasteiger partial charge in [-0.1, -0.05) is 6.92 Å². The fourth-order valence-electron chi connectivity index (χ4n) is 2.46. The number of aryl methyl sites for hydroxylation is 1. The Balaban J connectivity index is 2.48. The fraction of sp³-hybridized carbons (Fsp3) is 0.412. The lowest BCUT2D eigenvalue weighted by molar-refractivity contribution is -0.134. The monoisotopic (exact) mass is 303 g/mol. The molecule has 0 aliphatic heterocycles. The Morgan fingerprint density at radius 2 is 1.95 bits per heavy atom. The van der Waals surface area contributed by atoms with Gasteiger partial charge in [-0.15, -0.1) is 0 Å². The molecule has 0 fully saturated rings. The van der Waals surface area contributed by atoms with Crippen molar-refractivity contribution in [3.63, 3.8) is 0 Å². The van der Waals surface area contributed by atoms with Crippen LogP contribution in [0, 0.1) is 6.92 Å². The number of carbonyl (C=O) groups is 2. The van der Waals surface area contributed by atoms with E-state index in [2.05, 4.69) is 0 Å². The number of rotatable bonds is 5. The molecule has 118 valence electrons. The van der Waals surface area contributed by atoms with Crippen LogP contribution in [0.15, 0.2) is 18.2 Å². The van der Waals surface area contributed by atoms with Crippen LogP contribution in [0.3, 0.4) is 0 Å². The van der Waals surface area contributed by atoms with Crippen LogP contribution in [0.1, 0.15) is 42.7 Å². The minimum absolute atomic E-state index is 0.271. The third kappa shape index (κ3) is 2.98. The molecule has 1 heterocycles. The SMILES string of the molecule is CCCC(=O)Oc1ccc2c(c1)c(C(=O)OCC)c(C)n2C. The lowest BCUT2D eigenvalue weighted by Gasteiger charge is -2.05. The van der Waals surface area contributed by atoms with E-state index in [0.717, 1.165) is 23.0 Å². The predicted molar refractivity (Wildman–Crippen MR) is 84.2 cm³/mol. The average Bonchev–Trinajstić information content (AvgIpc) is 2.71. The van der Waals surface area contributed by atoms with Crippen molar-refractivity contribution in [2.45, 2.75) is 33.6 Å². The molecule has 0 N–H and O–H groups in total. The smallest absolute Gasteiger partial charge is 0.340 e. The van der Waals surface area contributed by atoms with Gasteiger partial charge in [0.2, 0.25) is 0 Å². The van der Waals surface area contributed by atoms with E-state index < -0.39 is 0 Å². The molecule has 1 aromatic carbocycles. The second kappa shape index (κ2) is 6.64. The van der Waals surface area contributed by atoms with E-state index in [4.69, 9.17) is 9.47 Å². The molecular weight excluding hydrogens is 282 g/mol. The summed E-state index contributed by atoms with van der Waals surface area (Å²) in [4.78, 5) is 23.8. The van der Waals surface area contributed by atoms with E-state index in [1.165, 1.54) is 0 Å². The summed E-state index contributed by atoms with van der Waals surface area (Å²) < 4.78 is 12.4. The minimum atomic E-state index is -0.359. The molecule has 22 heavy (non-hydrogen) atoms. The van der Waals surface area contributed by atoms with Gasteiger partial charge in [0.1, 0.15) is 5.75 Å². The number of hydrogen-bond donors (Lipinski definition) is 0. The van der Waals surface area contributed by atoms with Crippen LogP contribution in [0.4, 0.5) is 0 Å². The van der Waals surface area contributed by atoms with E-state index in [9.17, 15) is 9.59 Å². The number of ether oxygens (including phenoxy) is 2. The first-order valence-corrected chi connectivity index (χ1v) is 7.46. The standard InChI is InChI=1S/C17H21NO4/c1-5-7-15(19)22-12-8-9-14-13(10-12)16(11(3)18(14)4)17(20)21-6-2/h8-10H,5-7H2,1-4H3. The van der Waals surface area contributed by atoms with Crippen LogP contribution < -0.4 is 4.74 Å². The first kappa shape index (κ1) is 16.1. The largest absolute Gasteiger partial charge is 0.462 e. The summed E-state index contributed by atoms with van der Waals surface area (Å²) in [5.41, 5.74) is 2.24. The molecule has 1 aromatic heterocycles. The van der Waals surface area contributed by atoms with Crippen LogP contribution in [0.5, 0.6) is 5.75 Å². The van der Waals surface area contributed by atoms with Crippen LogP contribution in [0.2, 0.25) is 0 Å². The zero-order chi connectivity index (χ0) is 16.3. The Bertz CT molecular complexity index is 715. The number of esters is 2. The lowest BCUT2D eigenvalue weighted by Crippen LogP contribution is -2.07. The number of nitrogens with zero attached hydrogens (tertiary/aromatic N) is 1. The lowest BCUT2D eigenvalue weighted by atomic mass is 10.1. The van der Waals surface area contributed by atoms with Gasteiger partial charge in [-0.25, -0.2) is 4.79 Å². The fourth-order valence-corrected chi connectivity index (χ4v) is 2.46. The second-order valence-electron chi connectivity index (χ2n) is 5.14. The van der Waals surface area contributed by atoms with Crippen LogP contribution in [0.25, 0.3) is 10.9 Å². The van der Waals surface area contributed by atoms with E-state index in [1.807, 2.05) is 31.5 Å². The van der Waals surface area contributed by atoms with Gasteiger partial charge in [0.25, 0.3) is 0 Å². The maximum atomic E-state index is 12.2. The molecule has 0 atom stereocenters. The maximum Gasteiger partial charge on any atom is 0.340 e. The van der Waals surface area contributed by atoms with Crippen LogP contribution in [-0.4, -0.2) is 23.1 Å². The summed E-state index contributed by atoms with van der Waals surface area (Å²) in [6, 6.07) is 5.31. The molecule has 0 bridgehead atoms. The predicted octanol–water partition coefficient (Wildman–Crippen LogP) is 3.37. The number of benzene rings is 1. The van der Waals surface area contributed by atoms with E-state index in [-0.39, 0.29) is 11.9 Å². The maximum absolute atomic E-state index is 12.2. The molecule has 0 saturated carbocycles. The number of hydrogen-bond acceptors (Lipinski definition) is 4. The highest BCUT2D eigenvalue weighted by Gasteiger charge is 2.20. The van der Waals surface area contributed by atoms with E-state index >= 15 is 0 Å². The third-order valence-electron chi connectivity index (χ3n) is 3.63. The molecule has 0 aliphatic carbocycles. The molecule has 2 aromatic rings. The van der Waals surface area contributed by atoms with Gasteiger partial charge in [-0.05, 0) is 38.5 Å². The zero-order valence-electron chi connectivity index (χ0n) is 13.4. The van der Waals surface area contributed by atoms with E-state index in [1.54, 1.807) is 19.1 Å². The molecule has 5 heteroatoms. The molecule has 0 radical (unpaired) electrons. The first-order valence-electron chi connectivity index (χ1n) is 7.46. The van der Waals surface area contributed by atoms with Gasteiger partial charge in [-0.3, -0.25) is 4.79 Å². The van der Waals surface area contributed by atoms with Gasteiger partial charge in [0, 0.05) is 30.1 Å². The zero-order valence-corrected chi connectivity index (χ0v) is 13.4. The molecular formula is C17H21NO4. The molecule has 0 aliphatic rings. The molecule has 5 nitrogen and oxygen atoms in total. The molecule has 0 unspecified atom stereocenters. The van der Waals surface area contributed by atoms with Gasteiger partial charge in [0.05, 0.1) is 12.2 Å². The molecule has 2 rings (SSSR count). The topological polar surface area (TPSA) is 57.5 Å². The number of fused-ring (bicyclic) bond motifs is 1. The summed E-state index contributed by atoms with van der Waals surface area (Å²) in [5.74, 6) is -0.183. The van der Waals surface area contributed by atoms with Gasteiger partial charge in [-0.2, -0.15) is 0 Å². The Morgan fingerprint density at radius 1 is 1.23 bits per heavy atom. The average molecular weight is 303 g/mol. The van der Waals surface area contributed by atoms with Crippen molar-refractivity contribution in [3.05, 3.63) is 29.5 Å².